The van der Waals surface area contributed by atoms with Crippen molar-refractivity contribution < 1.29 is 19.7 Å². The van der Waals surface area contributed by atoms with E-state index in [1.54, 1.807) is 12.0 Å². The lowest BCUT2D eigenvalue weighted by atomic mass is 10.2. The number of ether oxygens (including phenoxy) is 1. The van der Waals surface area contributed by atoms with Gasteiger partial charge in [0, 0.05) is 24.9 Å². The molecule has 0 aromatic heterocycles. The average molecular weight is 307 g/mol. The highest BCUT2D eigenvalue weighted by Gasteiger charge is 2.28. The number of nitrogens with one attached hydrogen (secondary N) is 2. The number of nitrogens with two attached hydrogens (primary N) is 1. The minimum Gasteiger partial charge on any atom is -0.496 e. The van der Waals surface area contributed by atoms with Crippen LogP contribution in [-0.4, -0.2) is 45.2 Å². The summed E-state index contributed by atoms with van der Waals surface area (Å²) < 4.78 is 5.29. The third-order valence-corrected chi connectivity index (χ3v) is 4.53. The topological polar surface area (TPSA) is 59.4 Å². The van der Waals surface area contributed by atoms with Gasteiger partial charge < -0.3 is 20.3 Å². The van der Waals surface area contributed by atoms with Crippen LogP contribution in [-0.2, 0) is 11.3 Å². The van der Waals surface area contributed by atoms with Crippen LogP contribution in [0.25, 0.3) is 0 Å². The number of benzene rings is 1. The van der Waals surface area contributed by atoms with Crippen molar-refractivity contribution in [1.29, 1.82) is 0 Å². The predicted octanol–water partition coefficient (Wildman–Crippen LogP) is -1.06. The number of methoxy groups -OCH3 is 1. The Morgan fingerprint density at radius 1 is 1.45 bits per heavy atom. The Labute approximate surface area is 133 Å². The first kappa shape index (κ1) is 16.8. The average Bonchev–Trinajstić information content (AvgIpc) is 3.00. The Morgan fingerprint density at radius 3 is 3.05 bits per heavy atom. The van der Waals surface area contributed by atoms with Gasteiger partial charge >= 0.3 is 0 Å². The molecule has 1 aromatic carbocycles. The number of hydrogen-bond acceptors (Lipinski definition) is 2. The van der Waals surface area contributed by atoms with Crippen LogP contribution in [0.2, 0.25) is 0 Å². The van der Waals surface area contributed by atoms with E-state index in [1.807, 2.05) is 24.3 Å². The summed E-state index contributed by atoms with van der Waals surface area (Å²) in [5.74, 6) is 0.905. The SMILES string of the molecule is CC[NH+]1CCC[C@@H]1C[NH2+]CC(=O)NCc1ccccc1OC. The number of carbonyl (C=O) groups is 1. The van der Waals surface area contributed by atoms with Crippen molar-refractivity contribution in [2.24, 2.45) is 0 Å². The van der Waals surface area contributed by atoms with Crippen LogP contribution in [0.4, 0.5) is 0 Å². The van der Waals surface area contributed by atoms with Gasteiger partial charge in [-0.3, -0.25) is 4.79 Å². The molecule has 1 aliphatic heterocycles. The minimum absolute atomic E-state index is 0.0851. The lowest BCUT2D eigenvalue weighted by molar-refractivity contribution is -0.923. The van der Waals surface area contributed by atoms with Crippen LogP contribution in [0.15, 0.2) is 24.3 Å². The van der Waals surface area contributed by atoms with Crippen LogP contribution in [0.1, 0.15) is 25.3 Å². The molecule has 1 unspecified atom stereocenters. The Bertz CT molecular complexity index is 479. The second-order valence-corrected chi connectivity index (χ2v) is 5.92. The fraction of sp³-hybridized carbons (Fsp3) is 0.588. The zero-order valence-electron chi connectivity index (χ0n) is 13.7. The molecule has 0 aliphatic carbocycles. The first-order chi connectivity index (χ1) is 10.7. The van der Waals surface area contributed by atoms with E-state index in [0.717, 1.165) is 17.9 Å². The highest BCUT2D eigenvalue weighted by atomic mass is 16.5. The van der Waals surface area contributed by atoms with E-state index in [0.29, 0.717) is 19.1 Å². The predicted molar refractivity (Wildman–Crippen MR) is 85.9 cm³/mol. The second kappa shape index (κ2) is 8.76. The largest absolute Gasteiger partial charge is 0.496 e. The molecular weight excluding hydrogens is 278 g/mol. The highest BCUT2D eigenvalue weighted by molar-refractivity contribution is 5.76. The van der Waals surface area contributed by atoms with E-state index in [1.165, 1.54) is 25.9 Å². The second-order valence-electron chi connectivity index (χ2n) is 5.92. The summed E-state index contributed by atoms with van der Waals surface area (Å²) in [6.07, 6.45) is 2.62. The molecule has 1 heterocycles. The standard InChI is InChI=1S/C17H27N3O2/c1-3-20-10-6-8-15(20)12-18-13-17(21)19-11-14-7-4-5-9-16(14)22-2/h4-5,7,9,15,18H,3,6,8,10-13H2,1-2H3,(H,19,21)/p+2/t15-/m1/s1. The van der Waals surface area contributed by atoms with E-state index in [-0.39, 0.29) is 5.91 Å². The van der Waals surface area contributed by atoms with Gasteiger partial charge in [-0.15, -0.1) is 0 Å². The quantitative estimate of drug-likeness (QED) is 0.573. The van der Waals surface area contributed by atoms with Gasteiger partial charge in [-0.2, -0.15) is 0 Å². The Kier molecular flexibility index (Phi) is 6.68. The van der Waals surface area contributed by atoms with E-state index in [2.05, 4.69) is 17.6 Å². The molecule has 1 aliphatic rings. The lowest BCUT2D eigenvalue weighted by Crippen LogP contribution is -3.16. The summed E-state index contributed by atoms with van der Waals surface area (Å²) in [6, 6.07) is 8.49. The molecule has 0 bridgehead atoms. The van der Waals surface area contributed by atoms with Gasteiger partial charge in [0.1, 0.15) is 18.3 Å². The van der Waals surface area contributed by atoms with Gasteiger partial charge in [-0.05, 0) is 13.0 Å². The molecule has 0 spiro atoms. The molecule has 5 heteroatoms. The van der Waals surface area contributed by atoms with Crippen LogP contribution in [0.5, 0.6) is 5.75 Å². The molecule has 2 atom stereocenters. The molecule has 5 nitrogen and oxygen atoms in total. The van der Waals surface area contributed by atoms with Crippen molar-refractivity contribution in [3.05, 3.63) is 29.8 Å². The zero-order valence-corrected chi connectivity index (χ0v) is 13.7. The van der Waals surface area contributed by atoms with Crippen molar-refractivity contribution in [1.82, 2.24) is 5.32 Å². The summed E-state index contributed by atoms with van der Waals surface area (Å²) >= 11 is 0. The van der Waals surface area contributed by atoms with Crippen molar-refractivity contribution in [3.8, 4) is 5.75 Å². The van der Waals surface area contributed by atoms with Gasteiger partial charge in [-0.1, -0.05) is 18.2 Å². The zero-order chi connectivity index (χ0) is 15.8. The van der Waals surface area contributed by atoms with E-state index >= 15 is 0 Å². The maximum absolute atomic E-state index is 12.0. The van der Waals surface area contributed by atoms with Crippen molar-refractivity contribution in [2.45, 2.75) is 32.4 Å². The molecule has 1 saturated heterocycles. The molecule has 1 amide bonds. The fourth-order valence-electron chi connectivity index (χ4n) is 3.26. The Hall–Kier alpha value is -1.59. The lowest BCUT2D eigenvalue weighted by Gasteiger charge is -2.18. The molecule has 0 saturated carbocycles. The van der Waals surface area contributed by atoms with Gasteiger partial charge in [0.2, 0.25) is 0 Å². The molecule has 0 radical (unpaired) electrons. The number of amides is 1. The number of carbonyl (C=O) groups excluding carboxylic acids is 1. The first-order valence-corrected chi connectivity index (χ1v) is 8.29. The Balaban J connectivity index is 1.68. The van der Waals surface area contributed by atoms with E-state index in [9.17, 15) is 4.79 Å². The highest BCUT2D eigenvalue weighted by Crippen LogP contribution is 2.16. The fourth-order valence-corrected chi connectivity index (χ4v) is 3.26. The molecule has 1 aromatic rings. The smallest absolute Gasteiger partial charge is 0.275 e. The van der Waals surface area contributed by atoms with Crippen LogP contribution < -0.4 is 20.3 Å². The molecular formula is C17H29N3O2+2. The summed E-state index contributed by atoms with van der Waals surface area (Å²) in [5.41, 5.74) is 1.01. The van der Waals surface area contributed by atoms with Gasteiger partial charge in [-0.25, -0.2) is 0 Å². The Morgan fingerprint density at radius 2 is 2.27 bits per heavy atom. The number of para-hydroxylation sites is 1. The molecule has 22 heavy (non-hydrogen) atoms. The first-order valence-electron chi connectivity index (χ1n) is 8.29. The number of likely N-dealkylation sites (N-methyl/N-ethyl adjacent to an activating group) is 1. The van der Waals surface area contributed by atoms with Crippen LogP contribution in [0.3, 0.4) is 0 Å². The summed E-state index contributed by atoms with van der Waals surface area (Å²) in [6.45, 7) is 6.79. The number of quaternary nitrogens is 2. The third kappa shape index (κ3) is 4.71. The normalized spacial score (nSPS) is 20.8. The van der Waals surface area contributed by atoms with E-state index < -0.39 is 0 Å². The summed E-state index contributed by atoms with van der Waals surface area (Å²) in [5, 5.41) is 5.11. The van der Waals surface area contributed by atoms with Gasteiger partial charge in [0.15, 0.2) is 6.54 Å². The van der Waals surface area contributed by atoms with Gasteiger partial charge in [0.25, 0.3) is 5.91 Å². The molecule has 122 valence electrons. The monoisotopic (exact) mass is 307 g/mol. The van der Waals surface area contributed by atoms with Gasteiger partial charge in [0.05, 0.1) is 20.2 Å². The van der Waals surface area contributed by atoms with Crippen LogP contribution in [0, 0.1) is 0 Å². The number of likely N-dealkylation sites (tertiary alicyclic amines) is 1. The van der Waals surface area contributed by atoms with Crippen LogP contribution >= 0.6 is 0 Å². The molecule has 4 N–H and O–H groups in total. The number of rotatable bonds is 8. The summed E-state index contributed by atoms with van der Waals surface area (Å²) in [7, 11) is 1.65. The van der Waals surface area contributed by atoms with Crippen molar-refractivity contribution in [2.75, 3.05) is 33.3 Å². The third-order valence-electron chi connectivity index (χ3n) is 4.53. The van der Waals surface area contributed by atoms with Crippen molar-refractivity contribution in [3.63, 3.8) is 0 Å². The minimum atomic E-state index is 0.0851. The number of hydrogen-bond donors (Lipinski definition) is 3. The van der Waals surface area contributed by atoms with Crippen molar-refractivity contribution >= 4 is 5.91 Å². The van der Waals surface area contributed by atoms with E-state index in [4.69, 9.17) is 4.74 Å². The molecule has 1 fully saturated rings. The maximum Gasteiger partial charge on any atom is 0.275 e. The maximum atomic E-state index is 12.0. The summed E-state index contributed by atoms with van der Waals surface area (Å²) in [4.78, 5) is 13.6. The molecule has 2 rings (SSSR count).